The van der Waals surface area contributed by atoms with Crippen molar-refractivity contribution in [2.75, 3.05) is 7.05 Å². The molecule has 0 amide bonds. The van der Waals surface area contributed by atoms with E-state index in [0.717, 1.165) is 6.42 Å². The summed E-state index contributed by atoms with van der Waals surface area (Å²) in [6.07, 6.45) is 4.50. The van der Waals surface area contributed by atoms with Gasteiger partial charge < -0.3 is 4.42 Å². The van der Waals surface area contributed by atoms with Crippen LogP contribution in [0.5, 0.6) is 0 Å². The Labute approximate surface area is 71.7 Å². The van der Waals surface area contributed by atoms with E-state index in [1.165, 1.54) is 11.3 Å². The lowest BCUT2D eigenvalue weighted by Crippen LogP contribution is -2.12. The van der Waals surface area contributed by atoms with Gasteiger partial charge in [-0.15, -0.1) is 0 Å². The highest BCUT2D eigenvalue weighted by Gasteiger charge is 2.23. The topological polar surface area (TPSA) is 28.7 Å². The molecule has 0 saturated carbocycles. The maximum Gasteiger partial charge on any atom is 0.0956 e. The zero-order valence-electron chi connectivity index (χ0n) is 7.32. The minimum atomic E-state index is 0.378. The quantitative estimate of drug-likeness (QED) is 0.635. The molecule has 1 unspecified atom stereocenters. The van der Waals surface area contributed by atoms with Crippen molar-refractivity contribution in [1.82, 2.24) is 5.01 Å². The maximum absolute atomic E-state index is 5.03. The van der Waals surface area contributed by atoms with E-state index in [1.54, 1.807) is 12.5 Å². The Morgan fingerprint density at radius 2 is 2.50 bits per heavy atom. The highest BCUT2D eigenvalue weighted by Crippen LogP contribution is 2.28. The van der Waals surface area contributed by atoms with Gasteiger partial charge >= 0.3 is 0 Å². The van der Waals surface area contributed by atoms with E-state index >= 15 is 0 Å². The summed E-state index contributed by atoms with van der Waals surface area (Å²) in [5, 5.41) is 6.32. The van der Waals surface area contributed by atoms with Gasteiger partial charge in [-0.05, 0) is 13.0 Å². The standard InChI is InChI=1S/C9H12N2O/c1-7-5-9(11(2)10-7)8-3-4-12-6-8/h3-4,6,9H,5H2,1-2H3. The first-order valence-electron chi connectivity index (χ1n) is 4.06. The summed E-state index contributed by atoms with van der Waals surface area (Å²) < 4.78 is 5.03. The molecule has 0 bridgehead atoms. The third kappa shape index (κ3) is 1.11. The first kappa shape index (κ1) is 7.40. The van der Waals surface area contributed by atoms with Crippen LogP contribution < -0.4 is 0 Å². The van der Waals surface area contributed by atoms with Crippen molar-refractivity contribution in [3.63, 3.8) is 0 Å². The Morgan fingerprint density at radius 3 is 3.00 bits per heavy atom. The van der Waals surface area contributed by atoms with Crippen molar-refractivity contribution < 1.29 is 4.42 Å². The molecule has 1 aliphatic rings. The van der Waals surface area contributed by atoms with E-state index in [-0.39, 0.29) is 0 Å². The Kier molecular flexibility index (Phi) is 1.64. The molecule has 0 aliphatic carbocycles. The molecule has 2 rings (SSSR count). The van der Waals surface area contributed by atoms with Crippen molar-refractivity contribution in [2.24, 2.45) is 5.10 Å². The zero-order chi connectivity index (χ0) is 8.55. The number of hydrogen-bond donors (Lipinski definition) is 0. The molecule has 0 spiro atoms. The van der Waals surface area contributed by atoms with Gasteiger partial charge in [0.05, 0.1) is 18.6 Å². The van der Waals surface area contributed by atoms with Gasteiger partial charge in [0, 0.05) is 24.7 Å². The first-order chi connectivity index (χ1) is 5.77. The van der Waals surface area contributed by atoms with Crippen LogP contribution >= 0.6 is 0 Å². The summed E-state index contributed by atoms with van der Waals surface area (Å²) in [5.41, 5.74) is 2.39. The number of rotatable bonds is 1. The molecule has 3 heteroatoms. The van der Waals surface area contributed by atoms with Crippen LogP contribution in [-0.4, -0.2) is 17.8 Å². The van der Waals surface area contributed by atoms with Crippen molar-refractivity contribution in [2.45, 2.75) is 19.4 Å². The van der Waals surface area contributed by atoms with E-state index < -0.39 is 0 Å². The Hall–Kier alpha value is -1.25. The molecule has 0 N–H and O–H groups in total. The molecule has 0 fully saturated rings. The first-order valence-corrected chi connectivity index (χ1v) is 4.06. The van der Waals surface area contributed by atoms with Crippen LogP contribution in [0.3, 0.4) is 0 Å². The van der Waals surface area contributed by atoms with Gasteiger partial charge in [-0.1, -0.05) is 0 Å². The largest absolute Gasteiger partial charge is 0.472 e. The van der Waals surface area contributed by atoms with Crippen molar-refractivity contribution in [3.05, 3.63) is 24.2 Å². The van der Waals surface area contributed by atoms with Crippen LogP contribution in [0.4, 0.5) is 0 Å². The summed E-state index contributed by atoms with van der Waals surface area (Å²) in [6.45, 7) is 2.05. The average molecular weight is 164 g/mol. The Balaban J connectivity index is 2.19. The summed E-state index contributed by atoms with van der Waals surface area (Å²) in [6, 6.07) is 2.37. The number of hydrazone groups is 1. The van der Waals surface area contributed by atoms with Crippen molar-refractivity contribution in [3.8, 4) is 0 Å². The maximum atomic E-state index is 5.03. The number of nitrogens with zero attached hydrogens (tertiary/aromatic N) is 2. The summed E-state index contributed by atoms with van der Waals surface area (Å²) in [5.74, 6) is 0. The average Bonchev–Trinajstić information content (AvgIpc) is 2.58. The van der Waals surface area contributed by atoms with Gasteiger partial charge in [-0.25, -0.2) is 0 Å². The second-order valence-corrected chi connectivity index (χ2v) is 3.19. The molecule has 1 aromatic heterocycles. The number of hydrogen-bond acceptors (Lipinski definition) is 3. The lowest BCUT2D eigenvalue weighted by molar-refractivity contribution is 0.288. The fourth-order valence-corrected chi connectivity index (χ4v) is 1.59. The second-order valence-electron chi connectivity index (χ2n) is 3.19. The Morgan fingerprint density at radius 1 is 1.67 bits per heavy atom. The van der Waals surface area contributed by atoms with Crippen LogP contribution in [-0.2, 0) is 0 Å². The second kappa shape index (κ2) is 2.66. The molecule has 3 nitrogen and oxygen atoms in total. The van der Waals surface area contributed by atoms with Crippen LogP contribution in [0.1, 0.15) is 24.9 Å². The molecular formula is C9H12N2O. The third-order valence-corrected chi connectivity index (χ3v) is 2.20. The lowest BCUT2D eigenvalue weighted by Gasteiger charge is -2.16. The predicted molar refractivity (Wildman–Crippen MR) is 46.9 cm³/mol. The van der Waals surface area contributed by atoms with Gasteiger partial charge in [-0.3, -0.25) is 5.01 Å². The van der Waals surface area contributed by atoms with Crippen molar-refractivity contribution >= 4 is 5.71 Å². The van der Waals surface area contributed by atoms with Crippen molar-refractivity contribution in [1.29, 1.82) is 0 Å². The van der Waals surface area contributed by atoms with Crippen LogP contribution in [0.15, 0.2) is 28.1 Å². The molecule has 1 atom stereocenters. The van der Waals surface area contributed by atoms with Crippen LogP contribution in [0.2, 0.25) is 0 Å². The summed E-state index contributed by atoms with van der Waals surface area (Å²) in [7, 11) is 1.99. The van der Waals surface area contributed by atoms with Gasteiger partial charge in [0.1, 0.15) is 0 Å². The minimum absolute atomic E-state index is 0.378. The molecular weight excluding hydrogens is 152 g/mol. The van der Waals surface area contributed by atoms with Gasteiger partial charge in [0.2, 0.25) is 0 Å². The van der Waals surface area contributed by atoms with E-state index in [9.17, 15) is 0 Å². The zero-order valence-corrected chi connectivity index (χ0v) is 7.32. The lowest BCUT2D eigenvalue weighted by atomic mass is 10.1. The molecule has 12 heavy (non-hydrogen) atoms. The highest BCUT2D eigenvalue weighted by molar-refractivity contribution is 5.83. The van der Waals surface area contributed by atoms with E-state index in [2.05, 4.69) is 12.0 Å². The minimum Gasteiger partial charge on any atom is -0.472 e. The third-order valence-electron chi connectivity index (χ3n) is 2.20. The molecule has 0 aromatic carbocycles. The summed E-state index contributed by atoms with van der Waals surface area (Å²) >= 11 is 0. The van der Waals surface area contributed by atoms with Gasteiger partial charge in [0.25, 0.3) is 0 Å². The molecule has 0 saturated heterocycles. The highest BCUT2D eigenvalue weighted by atomic mass is 16.3. The normalized spacial score (nSPS) is 23.0. The molecule has 2 heterocycles. The fourth-order valence-electron chi connectivity index (χ4n) is 1.59. The van der Waals surface area contributed by atoms with E-state index in [0.29, 0.717) is 6.04 Å². The van der Waals surface area contributed by atoms with Crippen LogP contribution in [0.25, 0.3) is 0 Å². The summed E-state index contributed by atoms with van der Waals surface area (Å²) in [4.78, 5) is 0. The molecule has 64 valence electrons. The molecule has 0 radical (unpaired) electrons. The van der Waals surface area contributed by atoms with E-state index in [4.69, 9.17) is 4.42 Å². The SMILES string of the molecule is CC1=NN(C)C(c2ccoc2)C1. The fraction of sp³-hybridized carbons (Fsp3) is 0.444. The van der Waals surface area contributed by atoms with Gasteiger partial charge in [-0.2, -0.15) is 5.10 Å². The molecule has 1 aromatic rings. The van der Waals surface area contributed by atoms with Crippen LogP contribution in [0, 0.1) is 0 Å². The van der Waals surface area contributed by atoms with Gasteiger partial charge in [0.15, 0.2) is 0 Å². The Bertz CT molecular complexity index is 289. The molecule has 1 aliphatic heterocycles. The smallest absolute Gasteiger partial charge is 0.0956 e. The monoisotopic (exact) mass is 164 g/mol. The van der Waals surface area contributed by atoms with E-state index in [1.807, 2.05) is 18.1 Å². The predicted octanol–water partition coefficient (Wildman–Crippen LogP) is 2.03. The number of furan rings is 1.